The topological polar surface area (TPSA) is 65.4 Å². The van der Waals surface area contributed by atoms with E-state index < -0.39 is 18.0 Å². The van der Waals surface area contributed by atoms with Crippen molar-refractivity contribution >= 4 is 0 Å². The molecule has 84 valence electrons. The second-order valence-electron chi connectivity index (χ2n) is 3.30. The van der Waals surface area contributed by atoms with Crippen molar-refractivity contribution in [1.82, 2.24) is 10.3 Å². The number of aliphatic hydroxyl groups is 2. The van der Waals surface area contributed by atoms with E-state index in [4.69, 9.17) is 0 Å². The maximum atomic E-state index is 13.2. The molecule has 15 heavy (non-hydrogen) atoms. The van der Waals surface area contributed by atoms with E-state index in [1.807, 2.05) is 0 Å². The molecule has 0 bridgehead atoms. The Hall–Kier alpha value is -1.04. The fourth-order valence-corrected chi connectivity index (χ4v) is 1.28. The molecular weight excluding hydrogens is 199 g/mol. The average Bonchev–Trinajstić information content (AvgIpc) is 2.25. The van der Waals surface area contributed by atoms with Crippen molar-refractivity contribution in [3.8, 4) is 0 Å². The van der Waals surface area contributed by atoms with Crippen LogP contribution in [0.5, 0.6) is 0 Å². The van der Waals surface area contributed by atoms with Gasteiger partial charge in [-0.2, -0.15) is 0 Å². The largest absolute Gasteiger partial charge is 0.390 e. The van der Waals surface area contributed by atoms with Crippen LogP contribution in [0.25, 0.3) is 0 Å². The van der Waals surface area contributed by atoms with E-state index in [1.54, 1.807) is 7.05 Å². The van der Waals surface area contributed by atoms with E-state index >= 15 is 0 Å². The summed E-state index contributed by atoms with van der Waals surface area (Å²) in [5.41, 5.74) is 0.0774. The first-order valence-electron chi connectivity index (χ1n) is 4.77. The van der Waals surface area contributed by atoms with Crippen LogP contribution in [0.3, 0.4) is 0 Å². The molecule has 3 N–H and O–H groups in total. The molecule has 0 spiro atoms. The van der Waals surface area contributed by atoms with Crippen molar-refractivity contribution in [3.63, 3.8) is 0 Å². The zero-order chi connectivity index (χ0) is 11.3. The van der Waals surface area contributed by atoms with Crippen molar-refractivity contribution in [2.24, 2.45) is 0 Å². The van der Waals surface area contributed by atoms with E-state index in [9.17, 15) is 14.6 Å². The van der Waals surface area contributed by atoms with Crippen LogP contribution >= 0.6 is 0 Å². The molecule has 1 aromatic rings. The fraction of sp³-hybridized carbons (Fsp3) is 0.500. The van der Waals surface area contributed by atoms with E-state index in [2.05, 4.69) is 10.3 Å². The van der Waals surface area contributed by atoms with Crippen LogP contribution in [-0.4, -0.2) is 34.9 Å². The van der Waals surface area contributed by atoms with Crippen LogP contribution < -0.4 is 5.32 Å². The van der Waals surface area contributed by atoms with Gasteiger partial charge in [-0.1, -0.05) is 0 Å². The summed E-state index contributed by atoms with van der Waals surface area (Å²) in [4.78, 5) is 3.57. The number of halogens is 1. The Balaban J connectivity index is 2.67. The third-order valence-electron chi connectivity index (χ3n) is 2.18. The predicted octanol–water partition coefficient (Wildman–Crippen LogP) is 0.224. The highest BCUT2D eigenvalue weighted by Crippen LogP contribution is 2.20. The number of aliphatic hydroxyl groups excluding tert-OH is 2. The van der Waals surface area contributed by atoms with Crippen molar-refractivity contribution in [3.05, 3.63) is 29.8 Å². The van der Waals surface area contributed by atoms with E-state index in [-0.39, 0.29) is 5.56 Å². The minimum Gasteiger partial charge on any atom is -0.390 e. The second kappa shape index (κ2) is 5.75. The first-order chi connectivity index (χ1) is 7.16. The molecule has 0 aliphatic rings. The first-order valence-corrected chi connectivity index (χ1v) is 4.77. The van der Waals surface area contributed by atoms with E-state index in [0.29, 0.717) is 13.0 Å². The molecule has 2 unspecified atom stereocenters. The molecule has 1 rings (SSSR count). The Bertz CT molecular complexity index is 309. The van der Waals surface area contributed by atoms with Crippen LogP contribution in [0.2, 0.25) is 0 Å². The lowest BCUT2D eigenvalue weighted by Gasteiger charge is -2.18. The van der Waals surface area contributed by atoms with E-state index in [0.717, 1.165) is 6.20 Å². The van der Waals surface area contributed by atoms with Crippen LogP contribution in [0.1, 0.15) is 18.1 Å². The molecule has 2 atom stereocenters. The Morgan fingerprint density at radius 3 is 2.87 bits per heavy atom. The Kier molecular flexibility index (Phi) is 4.61. The molecule has 1 aromatic heterocycles. The maximum absolute atomic E-state index is 13.2. The highest BCUT2D eigenvalue weighted by molar-refractivity contribution is 5.16. The normalized spacial score (nSPS) is 14.9. The van der Waals surface area contributed by atoms with Crippen LogP contribution in [0, 0.1) is 5.82 Å². The van der Waals surface area contributed by atoms with Crippen LogP contribution in [0.4, 0.5) is 4.39 Å². The Morgan fingerprint density at radius 2 is 2.27 bits per heavy atom. The summed E-state index contributed by atoms with van der Waals surface area (Å²) in [6.45, 7) is 0.560. The average molecular weight is 214 g/mol. The molecule has 0 amide bonds. The van der Waals surface area contributed by atoms with Crippen molar-refractivity contribution in [2.75, 3.05) is 13.6 Å². The van der Waals surface area contributed by atoms with Gasteiger partial charge in [-0.3, -0.25) is 4.98 Å². The molecular formula is C10H15FN2O2. The maximum Gasteiger partial charge on any atom is 0.147 e. The summed E-state index contributed by atoms with van der Waals surface area (Å²) in [6, 6.07) is 1.36. The monoisotopic (exact) mass is 214 g/mol. The quantitative estimate of drug-likeness (QED) is 0.656. The number of rotatable bonds is 5. The van der Waals surface area contributed by atoms with Gasteiger partial charge < -0.3 is 15.5 Å². The highest BCUT2D eigenvalue weighted by atomic mass is 19.1. The number of nitrogens with zero attached hydrogens (tertiary/aromatic N) is 1. The Labute approximate surface area is 87.8 Å². The molecule has 0 aromatic carbocycles. The van der Waals surface area contributed by atoms with Gasteiger partial charge in [-0.05, 0) is 26.1 Å². The Morgan fingerprint density at radius 1 is 1.53 bits per heavy atom. The molecule has 0 fully saturated rings. The van der Waals surface area contributed by atoms with Crippen LogP contribution in [0.15, 0.2) is 18.5 Å². The van der Waals surface area contributed by atoms with Gasteiger partial charge in [0.25, 0.3) is 0 Å². The SMILES string of the molecule is CNCCC(O)C(O)c1ccncc1F. The lowest BCUT2D eigenvalue weighted by atomic mass is 10.0. The minimum absolute atomic E-state index is 0.0774. The van der Waals surface area contributed by atoms with Crippen molar-refractivity contribution < 1.29 is 14.6 Å². The summed E-state index contributed by atoms with van der Waals surface area (Å²) < 4.78 is 13.2. The fourth-order valence-electron chi connectivity index (χ4n) is 1.28. The molecule has 1 heterocycles. The third kappa shape index (κ3) is 3.23. The molecule has 0 saturated carbocycles. The van der Waals surface area contributed by atoms with Gasteiger partial charge in [0.15, 0.2) is 0 Å². The zero-order valence-corrected chi connectivity index (χ0v) is 8.52. The highest BCUT2D eigenvalue weighted by Gasteiger charge is 2.20. The van der Waals surface area contributed by atoms with Crippen molar-refractivity contribution in [1.29, 1.82) is 0 Å². The zero-order valence-electron chi connectivity index (χ0n) is 8.52. The summed E-state index contributed by atoms with van der Waals surface area (Å²) in [5, 5.41) is 22.0. The summed E-state index contributed by atoms with van der Waals surface area (Å²) in [7, 11) is 1.74. The summed E-state index contributed by atoms with van der Waals surface area (Å²) in [5.74, 6) is -0.603. The van der Waals surface area contributed by atoms with Gasteiger partial charge >= 0.3 is 0 Å². The summed E-state index contributed by atoms with van der Waals surface area (Å²) in [6.07, 6.45) is 0.575. The number of aromatic nitrogens is 1. The van der Waals surface area contributed by atoms with Gasteiger partial charge in [0.2, 0.25) is 0 Å². The lowest BCUT2D eigenvalue weighted by Crippen LogP contribution is -2.24. The second-order valence-corrected chi connectivity index (χ2v) is 3.30. The number of nitrogens with one attached hydrogen (secondary N) is 1. The lowest BCUT2D eigenvalue weighted by molar-refractivity contribution is 0.0119. The van der Waals surface area contributed by atoms with Gasteiger partial charge in [0, 0.05) is 11.8 Å². The van der Waals surface area contributed by atoms with Gasteiger partial charge in [-0.15, -0.1) is 0 Å². The first kappa shape index (κ1) is 12.0. The number of hydrogen-bond donors (Lipinski definition) is 3. The predicted molar refractivity (Wildman–Crippen MR) is 53.7 cm³/mol. The smallest absolute Gasteiger partial charge is 0.147 e. The van der Waals surface area contributed by atoms with Gasteiger partial charge in [-0.25, -0.2) is 4.39 Å². The molecule has 0 radical (unpaired) electrons. The number of pyridine rings is 1. The third-order valence-corrected chi connectivity index (χ3v) is 2.18. The molecule has 4 nitrogen and oxygen atoms in total. The molecule has 0 saturated heterocycles. The number of hydrogen-bond acceptors (Lipinski definition) is 4. The van der Waals surface area contributed by atoms with Crippen molar-refractivity contribution in [2.45, 2.75) is 18.6 Å². The molecule has 0 aliphatic heterocycles. The van der Waals surface area contributed by atoms with Gasteiger partial charge in [0.05, 0.1) is 12.3 Å². The molecule has 0 aliphatic carbocycles. The van der Waals surface area contributed by atoms with E-state index in [1.165, 1.54) is 12.3 Å². The standard InChI is InChI=1S/C10H15FN2O2/c1-12-4-3-9(14)10(15)7-2-5-13-6-8(7)11/h2,5-6,9-10,12,14-15H,3-4H2,1H3. The minimum atomic E-state index is -1.21. The summed E-state index contributed by atoms with van der Waals surface area (Å²) >= 11 is 0. The molecule has 5 heteroatoms. The van der Waals surface area contributed by atoms with Crippen LogP contribution in [-0.2, 0) is 0 Å². The van der Waals surface area contributed by atoms with Gasteiger partial charge in [0.1, 0.15) is 11.9 Å².